The van der Waals surface area contributed by atoms with Gasteiger partial charge in [0, 0.05) is 17.7 Å². The van der Waals surface area contributed by atoms with Gasteiger partial charge in [-0.15, -0.1) is 0 Å². The first-order valence-corrected chi connectivity index (χ1v) is 5.26. The van der Waals surface area contributed by atoms with Crippen LogP contribution < -0.4 is 5.48 Å². The highest BCUT2D eigenvalue weighted by Crippen LogP contribution is 2.31. The van der Waals surface area contributed by atoms with Crippen LogP contribution in [0.4, 0.5) is 18.9 Å². The molecule has 20 heavy (non-hydrogen) atoms. The molecule has 108 valence electrons. The number of hydrogen-bond donors (Lipinski definition) is 2. The van der Waals surface area contributed by atoms with Crippen molar-refractivity contribution in [2.75, 3.05) is 0 Å². The number of nitrogens with one attached hydrogen (secondary N) is 1. The van der Waals surface area contributed by atoms with E-state index in [0.29, 0.717) is 0 Å². The molecule has 1 unspecified atom stereocenters. The molecule has 2 N–H and O–H groups in total. The second-order valence-electron chi connectivity index (χ2n) is 4.00. The van der Waals surface area contributed by atoms with Crippen molar-refractivity contribution in [3.8, 4) is 0 Å². The van der Waals surface area contributed by atoms with Crippen LogP contribution in [0.15, 0.2) is 29.3 Å². The van der Waals surface area contributed by atoms with Gasteiger partial charge in [0.1, 0.15) is 6.42 Å². The summed E-state index contributed by atoms with van der Waals surface area (Å²) in [4.78, 5) is 17.7. The lowest BCUT2D eigenvalue weighted by Gasteiger charge is -2.17. The topological polar surface area (TPSA) is 97.0 Å². The Kier molecular flexibility index (Phi) is 3.36. The first-order chi connectivity index (χ1) is 9.19. The smallest absolute Gasteiger partial charge is 0.346 e. The van der Waals surface area contributed by atoms with E-state index in [1.807, 2.05) is 0 Å². The Morgan fingerprint density at radius 2 is 2.00 bits per heavy atom. The molecule has 0 saturated heterocycles. The molecule has 7 nitrogen and oxygen atoms in total. The second kappa shape index (κ2) is 4.72. The molecule has 1 heterocycles. The zero-order valence-electron chi connectivity index (χ0n) is 9.72. The Labute approximate surface area is 109 Å². The third-order valence-electron chi connectivity index (χ3n) is 2.38. The highest BCUT2D eigenvalue weighted by Gasteiger charge is 2.46. The Morgan fingerprint density at radius 3 is 2.50 bits per heavy atom. The molecule has 0 spiro atoms. The lowest BCUT2D eigenvalue weighted by atomic mass is 10.2. The van der Waals surface area contributed by atoms with Crippen molar-refractivity contribution in [1.82, 2.24) is 5.48 Å². The summed E-state index contributed by atoms with van der Waals surface area (Å²) in [5.41, 5.74) is 2.13. The van der Waals surface area contributed by atoms with Gasteiger partial charge in [-0.05, 0) is 12.1 Å². The van der Waals surface area contributed by atoms with Crippen molar-refractivity contribution in [1.29, 1.82) is 0 Å². The van der Waals surface area contributed by atoms with Gasteiger partial charge in [-0.3, -0.25) is 10.1 Å². The number of nitro benzene ring substituents is 1. The Hall–Kier alpha value is -2.20. The molecule has 1 aromatic rings. The number of alkyl halides is 3. The normalized spacial score (nSPS) is 22.3. The van der Waals surface area contributed by atoms with Crippen LogP contribution in [0.3, 0.4) is 0 Å². The Balaban J connectivity index is 2.20. The summed E-state index contributed by atoms with van der Waals surface area (Å²) in [5, 5.41) is 20.0. The van der Waals surface area contributed by atoms with E-state index in [-0.39, 0.29) is 17.1 Å². The molecule has 1 atom stereocenters. The minimum atomic E-state index is -4.66. The fourth-order valence-corrected chi connectivity index (χ4v) is 1.55. The van der Waals surface area contributed by atoms with Gasteiger partial charge < -0.3 is 5.11 Å². The average Bonchev–Trinajstić information content (AvgIpc) is 2.69. The fourth-order valence-electron chi connectivity index (χ4n) is 1.55. The number of rotatable bonds is 3. The number of halogens is 3. The number of aliphatic hydroxyl groups is 1. The largest absolute Gasteiger partial charge is 0.396 e. The van der Waals surface area contributed by atoms with Crippen LogP contribution in [-0.4, -0.2) is 28.0 Å². The van der Waals surface area contributed by atoms with E-state index >= 15 is 0 Å². The standard InChI is InChI=1S/C10H8F3N3O4/c11-9(12,13)5-10(17)14-8(15-20-10)6-1-3-7(4-2-6)16(18)19/h1-4,17H,5H2,(H,14,15). The van der Waals surface area contributed by atoms with Crippen LogP contribution in [0.25, 0.3) is 0 Å². The highest BCUT2D eigenvalue weighted by atomic mass is 19.4. The number of amidine groups is 1. The molecule has 1 aromatic carbocycles. The summed E-state index contributed by atoms with van der Waals surface area (Å²) >= 11 is 0. The average molecular weight is 291 g/mol. The summed E-state index contributed by atoms with van der Waals surface area (Å²) < 4.78 is 36.6. The zero-order chi connectivity index (χ0) is 15.0. The van der Waals surface area contributed by atoms with E-state index in [0.717, 1.165) is 12.1 Å². The lowest BCUT2D eigenvalue weighted by molar-refractivity contribution is -0.384. The van der Waals surface area contributed by atoms with Crippen molar-refractivity contribution in [3.63, 3.8) is 0 Å². The number of non-ortho nitro benzene ring substituents is 1. The van der Waals surface area contributed by atoms with Crippen molar-refractivity contribution in [3.05, 3.63) is 39.9 Å². The van der Waals surface area contributed by atoms with E-state index in [4.69, 9.17) is 0 Å². The number of aliphatic imine (C=N–C) groups is 1. The number of hydroxylamine groups is 1. The monoisotopic (exact) mass is 291 g/mol. The van der Waals surface area contributed by atoms with E-state index in [2.05, 4.69) is 15.3 Å². The van der Waals surface area contributed by atoms with E-state index < -0.39 is 23.4 Å². The SMILES string of the molecule is O=[N+]([O-])c1ccc(C2=NC(O)(CC(F)(F)F)ON2)cc1. The molecule has 0 fully saturated rings. The van der Waals surface area contributed by atoms with Gasteiger partial charge in [0.25, 0.3) is 11.6 Å². The van der Waals surface area contributed by atoms with Gasteiger partial charge in [0.15, 0.2) is 5.84 Å². The van der Waals surface area contributed by atoms with Crippen molar-refractivity contribution < 1.29 is 28.0 Å². The molecule has 0 bridgehead atoms. The third-order valence-corrected chi connectivity index (χ3v) is 2.38. The summed E-state index contributed by atoms with van der Waals surface area (Å²) in [5.74, 6) is -2.89. The lowest BCUT2D eigenvalue weighted by Crippen LogP contribution is -2.35. The summed E-state index contributed by atoms with van der Waals surface area (Å²) in [6, 6.07) is 4.85. The molecular formula is C10H8F3N3O4. The summed E-state index contributed by atoms with van der Waals surface area (Å²) in [7, 11) is 0. The number of nitro groups is 1. The van der Waals surface area contributed by atoms with Gasteiger partial charge in [0.05, 0.1) is 4.92 Å². The predicted molar refractivity (Wildman–Crippen MR) is 59.5 cm³/mol. The van der Waals surface area contributed by atoms with Crippen LogP contribution >= 0.6 is 0 Å². The zero-order valence-corrected chi connectivity index (χ0v) is 9.72. The van der Waals surface area contributed by atoms with Gasteiger partial charge in [-0.25, -0.2) is 15.3 Å². The summed E-state index contributed by atoms with van der Waals surface area (Å²) in [6.07, 6.45) is -6.34. The van der Waals surface area contributed by atoms with Crippen LogP contribution in [0.5, 0.6) is 0 Å². The number of benzene rings is 1. The van der Waals surface area contributed by atoms with Crippen LogP contribution in [-0.2, 0) is 4.84 Å². The molecular weight excluding hydrogens is 283 g/mol. The third kappa shape index (κ3) is 3.22. The molecule has 0 saturated carbocycles. The minimum absolute atomic E-state index is 0.147. The molecule has 0 aliphatic carbocycles. The first-order valence-electron chi connectivity index (χ1n) is 5.26. The molecule has 10 heteroatoms. The number of hydrogen-bond acceptors (Lipinski definition) is 6. The number of nitrogens with zero attached hydrogens (tertiary/aromatic N) is 2. The maximum absolute atomic E-state index is 12.2. The molecule has 1 aliphatic rings. The van der Waals surface area contributed by atoms with Crippen molar-refractivity contribution in [2.45, 2.75) is 18.5 Å². The Morgan fingerprint density at radius 1 is 1.40 bits per heavy atom. The molecule has 1 aliphatic heterocycles. The second-order valence-corrected chi connectivity index (χ2v) is 4.00. The van der Waals surface area contributed by atoms with Gasteiger partial charge in [-0.1, -0.05) is 0 Å². The van der Waals surface area contributed by atoms with Gasteiger partial charge in [0.2, 0.25) is 0 Å². The van der Waals surface area contributed by atoms with Gasteiger partial charge >= 0.3 is 6.18 Å². The maximum atomic E-state index is 12.2. The molecule has 2 rings (SSSR count). The van der Waals surface area contributed by atoms with Crippen LogP contribution in [0, 0.1) is 10.1 Å². The molecule has 0 amide bonds. The van der Waals surface area contributed by atoms with Crippen molar-refractivity contribution in [2.24, 2.45) is 4.99 Å². The molecule has 0 radical (unpaired) electrons. The molecule has 0 aromatic heterocycles. The van der Waals surface area contributed by atoms with Crippen LogP contribution in [0.2, 0.25) is 0 Å². The van der Waals surface area contributed by atoms with E-state index in [1.165, 1.54) is 12.1 Å². The quantitative estimate of drug-likeness (QED) is 0.649. The highest BCUT2D eigenvalue weighted by molar-refractivity contribution is 5.99. The van der Waals surface area contributed by atoms with Crippen molar-refractivity contribution >= 4 is 11.5 Å². The Bertz CT molecular complexity index is 558. The van der Waals surface area contributed by atoms with E-state index in [1.54, 1.807) is 0 Å². The minimum Gasteiger partial charge on any atom is -0.346 e. The van der Waals surface area contributed by atoms with Gasteiger partial charge in [-0.2, -0.15) is 13.2 Å². The summed E-state index contributed by atoms with van der Waals surface area (Å²) in [6.45, 7) is 0. The maximum Gasteiger partial charge on any atom is 0.396 e. The predicted octanol–water partition coefficient (Wildman–Crippen LogP) is 1.47. The van der Waals surface area contributed by atoms with Crippen LogP contribution in [0.1, 0.15) is 12.0 Å². The van der Waals surface area contributed by atoms with E-state index in [9.17, 15) is 28.4 Å². The fraction of sp³-hybridized carbons (Fsp3) is 0.300. The first kappa shape index (κ1) is 14.2.